The van der Waals surface area contributed by atoms with Gasteiger partial charge in [-0.1, -0.05) is 13.8 Å². The monoisotopic (exact) mass is 561 g/mol. The fourth-order valence-electron chi connectivity index (χ4n) is 5.24. The summed E-state index contributed by atoms with van der Waals surface area (Å²) in [6.07, 6.45) is -3.86. The Hall–Kier alpha value is -3.74. The van der Waals surface area contributed by atoms with E-state index in [0.717, 1.165) is 69.2 Å². The second-order valence-corrected chi connectivity index (χ2v) is 10.3. The minimum absolute atomic E-state index is 0.172. The minimum atomic E-state index is -1.54. The van der Waals surface area contributed by atoms with Gasteiger partial charge in [-0.05, 0) is 37.2 Å². The van der Waals surface area contributed by atoms with Crippen molar-refractivity contribution in [2.45, 2.75) is 104 Å². The van der Waals surface area contributed by atoms with Gasteiger partial charge in [-0.2, -0.15) is 10.1 Å². The number of fused-ring (bicyclic) bond motifs is 3. The first-order valence-corrected chi connectivity index (χ1v) is 13.3. The number of pyridine rings is 1. The molecule has 0 unspecified atom stereocenters. The van der Waals surface area contributed by atoms with Gasteiger partial charge in [-0.15, -0.1) is 0 Å². The van der Waals surface area contributed by atoms with Crippen LogP contribution in [0.1, 0.15) is 77.1 Å². The Balaban J connectivity index is 1.83. The van der Waals surface area contributed by atoms with Gasteiger partial charge in [-0.3, -0.25) is 28.6 Å². The summed E-state index contributed by atoms with van der Waals surface area (Å²) in [6.45, 7) is 8.72. The van der Waals surface area contributed by atoms with Crippen molar-refractivity contribution in [3.63, 3.8) is 0 Å². The zero-order valence-electron chi connectivity index (χ0n) is 23.7. The molecule has 13 nitrogen and oxygen atoms in total. The molecular formula is C27H35N3O10. The van der Waals surface area contributed by atoms with E-state index in [4.69, 9.17) is 38.5 Å². The Labute approximate surface area is 231 Å². The lowest BCUT2D eigenvalue weighted by molar-refractivity contribution is -0.328. The fourth-order valence-corrected chi connectivity index (χ4v) is 5.24. The highest BCUT2D eigenvalue weighted by atomic mass is 16.8. The van der Waals surface area contributed by atoms with E-state index in [1.165, 1.54) is 0 Å². The summed E-state index contributed by atoms with van der Waals surface area (Å²) >= 11 is 0. The average Bonchev–Trinajstić information content (AvgIpc) is 3.19. The maximum absolute atomic E-state index is 12.2. The maximum Gasteiger partial charge on any atom is 0.305 e. The van der Waals surface area contributed by atoms with Crippen molar-refractivity contribution in [2.24, 2.45) is 7.05 Å². The Morgan fingerprint density at radius 1 is 0.800 bits per heavy atom. The van der Waals surface area contributed by atoms with Gasteiger partial charge in [0.05, 0.1) is 5.69 Å². The molecule has 0 spiro atoms. The van der Waals surface area contributed by atoms with Crippen LogP contribution >= 0.6 is 0 Å². The number of carbonyl (C=O) groups is 4. The van der Waals surface area contributed by atoms with E-state index in [9.17, 15) is 19.2 Å². The zero-order valence-corrected chi connectivity index (χ0v) is 23.7. The second-order valence-electron chi connectivity index (χ2n) is 10.3. The van der Waals surface area contributed by atoms with Crippen LogP contribution in [0.15, 0.2) is 0 Å². The summed E-state index contributed by atoms with van der Waals surface area (Å²) < 4.78 is 35.5. The van der Waals surface area contributed by atoms with Crippen molar-refractivity contribution >= 4 is 34.9 Å². The SMILES string of the molecule is CC(=O)O[C@@H]1O[C@H](Oc2nc3c(c(C(C)C)nn3C)c3c2CCCC3)[C@H](OC(C)=O)[C@H](OC(C)=O)[C@@H]1OC(C)=O. The topological polar surface area (TPSA) is 154 Å². The van der Waals surface area contributed by atoms with E-state index in [-0.39, 0.29) is 11.8 Å². The molecule has 2 aromatic rings. The highest BCUT2D eigenvalue weighted by Crippen LogP contribution is 2.39. The molecule has 2 aromatic heterocycles. The summed E-state index contributed by atoms with van der Waals surface area (Å²) in [5.41, 5.74) is 3.50. The molecule has 218 valence electrons. The van der Waals surface area contributed by atoms with E-state index in [1.807, 2.05) is 0 Å². The highest BCUT2D eigenvalue weighted by Gasteiger charge is 2.55. The smallest absolute Gasteiger partial charge is 0.305 e. The molecule has 3 heterocycles. The number of ether oxygens (including phenoxy) is 6. The van der Waals surface area contributed by atoms with Crippen molar-refractivity contribution in [2.75, 3.05) is 0 Å². The summed E-state index contributed by atoms with van der Waals surface area (Å²) in [6, 6.07) is 0. The molecule has 0 saturated carbocycles. The van der Waals surface area contributed by atoms with Gasteiger partial charge in [0.15, 0.2) is 11.8 Å². The number of aromatic nitrogens is 3. The summed E-state index contributed by atoms with van der Waals surface area (Å²) in [5.74, 6) is -2.59. The molecule has 2 aliphatic rings. The summed E-state index contributed by atoms with van der Waals surface area (Å²) in [5, 5.41) is 5.69. The third kappa shape index (κ3) is 6.03. The van der Waals surface area contributed by atoms with Gasteiger partial charge in [-0.25, -0.2) is 0 Å². The molecule has 0 N–H and O–H groups in total. The quantitative estimate of drug-likeness (QED) is 0.360. The Morgan fingerprint density at radius 2 is 1.32 bits per heavy atom. The summed E-state index contributed by atoms with van der Waals surface area (Å²) in [7, 11) is 1.80. The van der Waals surface area contributed by atoms with Crippen LogP contribution in [0.3, 0.4) is 0 Å². The molecule has 0 bridgehead atoms. The highest BCUT2D eigenvalue weighted by molar-refractivity contribution is 5.85. The number of rotatable bonds is 7. The molecule has 0 aromatic carbocycles. The van der Waals surface area contributed by atoms with Crippen molar-refractivity contribution in [3.05, 3.63) is 16.8 Å². The largest absolute Gasteiger partial charge is 0.454 e. The molecule has 1 saturated heterocycles. The van der Waals surface area contributed by atoms with Crippen LogP contribution in [-0.4, -0.2) is 69.5 Å². The normalized spacial score (nSPS) is 24.2. The second kappa shape index (κ2) is 11.8. The number of hydrogen-bond acceptors (Lipinski definition) is 12. The molecule has 5 atom stereocenters. The number of hydrogen-bond donors (Lipinski definition) is 0. The summed E-state index contributed by atoms with van der Waals surface area (Å²) in [4.78, 5) is 52.9. The van der Waals surface area contributed by atoms with E-state index < -0.39 is 54.8 Å². The molecule has 13 heteroatoms. The predicted molar refractivity (Wildman–Crippen MR) is 137 cm³/mol. The lowest BCUT2D eigenvalue weighted by atomic mass is 9.89. The number of aryl methyl sites for hydroxylation is 2. The number of carbonyl (C=O) groups excluding carboxylic acids is 4. The Morgan fingerprint density at radius 3 is 1.88 bits per heavy atom. The molecule has 0 radical (unpaired) electrons. The van der Waals surface area contributed by atoms with Crippen LogP contribution in [0.5, 0.6) is 5.88 Å². The average molecular weight is 562 g/mol. The van der Waals surface area contributed by atoms with Crippen molar-refractivity contribution in [1.82, 2.24) is 14.8 Å². The molecule has 4 rings (SSSR count). The van der Waals surface area contributed by atoms with Gasteiger partial charge in [0.2, 0.25) is 30.7 Å². The van der Waals surface area contributed by atoms with Gasteiger partial charge in [0.1, 0.15) is 0 Å². The maximum atomic E-state index is 12.2. The molecule has 0 amide bonds. The van der Waals surface area contributed by atoms with Crippen molar-refractivity contribution < 1.29 is 47.6 Å². The van der Waals surface area contributed by atoms with E-state index in [2.05, 4.69) is 13.8 Å². The number of esters is 4. The third-order valence-corrected chi connectivity index (χ3v) is 6.69. The first-order chi connectivity index (χ1) is 18.9. The van der Waals surface area contributed by atoms with Crippen molar-refractivity contribution in [3.8, 4) is 5.88 Å². The molecule has 1 aliphatic carbocycles. The lowest BCUT2D eigenvalue weighted by Crippen LogP contribution is -2.63. The molecular weight excluding hydrogens is 526 g/mol. The molecule has 1 aliphatic heterocycles. The van der Waals surface area contributed by atoms with Crippen LogP contribution in [0.4, 0.5) is 0 Å². The van der Waals surface area contributed by atoms with Gasteiger partial charge in [0.25, 0.3) is 0 Å². The first-order valence-electron chi connectivity index (χ1n) is 13.3. The van der Waals surface area contributed by atoms with E-state index in [0.29, 0.717) is 12.1 Å². The fraction of sp³-hybridized carbons (Fsp3) is 0.630. The van der Waals surface area contributed by atoms with Crippen LogP contribution < -0.4 is 4.74 Å². The number of nitrogens with zero attached hydrogens (tertiary/aromatic N) is 3. The van der Waals surface area contributed by atoms with Crippen LogP contribution in [-0.2, 0) is 62.8 Å². The van der Waals surface area contributed by atoms with Crippen LogP contribution in [0.2, 0.25) is 0 Å². The van der Waals surface area contributed by atoms with E-state index in [1.54, 1.807) is 11.7 Å². The van der Waals surface area contributed by atoms with Gasteiger partial charge >= 0.3 is 23.9 Å². The van der Waals surface area contributed by atoms with E-state index >= 15 is 0 Å². The third-order valence-electron chi connectivity index (χ3n) is 6.69. The minimum Gasteiger partial charge on any atom is -0.454 e. The molecule has 40 heavy (non-hydrogen) atoms. The lowest BCUT2D eigenvalue weighted by Gasteiger charge is -2.43. The van der Waals surface area contributed by atoms with Gasteiger partial charge in [0, 0.05) is 45.7 Å². The first kappa shape index (κ1) is 29.2. The van der Waals surface area contributed by atoms with Crippen LogP contribution in [0.25, 0.3) is 11.0 Å². The molecule has 1 fully saturated rings. The zero-order chi connectivity index (χ0) is 29.3. The Kier molecular flexibility index (Phi) is 8.62. The van der Waals surface area contributed by atoms with Crippen LogP contribution in [0, 0.1) is 0 Å². The predicted octanol–water partition coefficient (Wildman–Crippen LogP) is 2.39. The van der Waals surface area contributed by atoms with Gasteiger partial charge < -0.3 is 23.7 Å². The Bertz CT molecular complexity index is 1320. The van der Waals surface area contributed by atoms with Crippen molar-refractivity contribution in [1.29, 1.82) is 0 Å². The standard InChI is InChI=1S/C27H35N3O10/c1-12(2)20-19-17-10-8-9-11-18(17)25(28-24(19)30(7)29-20)39-27-23(37-15(5)33)21(35-13(3)31)22(36-14(4)32)26(40-27)38-16(6)34/h12,21-23,26-27H,8-11H2,1-7H3/t21-,22+,23-,26-,27+/m1/s1.